The van der Waals surface area contributed by atoms with Crippen molar-refractivity contribution in [2.45, 2.75) is 33.4 Å². The molecule has 0 unspecified atom stereocenters. The average Bonchev–Trinajstić information content (AvgIpc) is 2.78. The summed E-state index contributed by atoms with van der Waals surface area (Å²) in [6.07, 6.45) is 0.993. The van der Waals surface area contributed by atoms with Gasteiger partial charge in [-0.1, -0.05) is 12.1 Å². The topological polar surface area (TPSA) is 59.3 Å². The zero-order valence-corrected chi connectivity index (χ0v) is 12.9. The third-order valence-electron chi connectivity index (χ3n) is 3.44. The highest BCUT2D eigenvalue weighted by Crippen LogP contribution is 2.28. The molecule has 114 valence electrons. The summed E-state index contributed by atoms with van der Waals surface area (Å²) in [6, 6.07) is 7.61. The molecule has 1 aromatic heterocycles. The van der Waals surface area contributed by atoms with Gasteiger partial charge < -0.3 is 15.2 Å². The number of para-hydroxylation sites is 1. The summed E-state index contributed by atoms with van der Waals surface area (Å²) in [6.45, 7) is 6.47. The van der Waals surface area contributed by atoms with Gasteiger partial charge in [0.1, 0.15) is 0 Å². The number of methoxy groups -OCH3 is 1. The molecule has 0 radical (unpaired) electrons. The summed E-state index contributed by atoms with van der Waals surface area (Å²) in [5.41, 5.74) is 3.10. The number of benzene rings is 1. The van der Waals surface area contributed by atoms with Crippen molar-refractivity contribution >= 4 is 0 Å². The van der Waals surface area contributed by atoms with Crippen LogP contribution in [0.1, 0.15) is 23.4 Å². The zero-order valence-electron chi connectivity index (χ0n) is 12.9. The number of aromatic hydroxyl groups is 1. The fourth-order valence-electron chi connectivity index (χ4n) is 2.35. The van der Waals surface area contributed by atoms with Gasteiger partial charge in [-0.05, 0) is 38.9 Å². The van der Waals surface area contributed by atoms with Crippen LogP contribution in [0.4, 0.5) is 0 Å². The van der Waals surface area contributed by atoms with Crippen molar-refractivity contribution in [3.8, 4) is 11.5 Å². The number of nitrogens with one attached hydrogen (secondary N) is 1. The lowest BCUT2D eigenvalue weighted by Gasteiger charge is -2.10. The lowest BCUT2D eigenvalue weighted by atomic mass is 10.2. The Balaban J connectivity index is 1.76. The molecule has 0 aliphatic rings. The summed E-state index contributed by atoms with van der Waals surface area (Å²) in [7, 11) is 1.56. The smallest absolute Gasteiger partial charge is 0.162 e. The maximum absolute atomic E-state index is 9.98. The number of hydrogen-bond donors (Lipinski definition) is 2. The largest absolute Gasteiger partial charge is 0.504 e. The van der Waals surface area contributed by atoms with Gasteiger partial charge in [0.05, 0.1) is 12.8 Å². The van der Waals surface area contributed by atoms with Crippen molar-refractivity contribution in [3.05, 3.63) is 41.2 Å². The van der Waals surface area contributed by atoms with E-state index >= 15 is 0 Å². The number of ether oxygens (including phenoxy) is 1. The Bertz CT molecular complexity index is 593. The summed E-state index contributed by atoms with van der Waals surface area (Å²) in [5.74, 6) is 0.725. The van der Waals surface area contributed by atoms with Gasteiger partial charge in [0.2, 0.25) is 0 Å². The predicted octanol–water partition coefficient (Wildman–Crippen LogP) is 2.39. The quantitative estimate of drug-likeness (QED) is 0.768. The second-order valence-corrected chi connectivity index (χ2v) is 5.15. The number of aryl methyl sites for hydroxylation is 3. The molecule has 0 saturated carbocycles. The third-order valence-corrected chi connectivity index (χ3v) is 3.44. The Labute approximate surface area is 125 Å². The highest BCUT2D eigenvalue weighted by molar-refractivity contribution is 5.45. The minimum atomic E-state index is 0.214. The van der Waals surface area contributed by atoms with Crippen LogP contribution in [-0.4, -0.2) is 28.5 Å². The van der Waals surface area contributed by atoms with Gasteiger partial charge in [0, 0.05) is 24.3 Å². The Morgan fingerprint density at radius 1 is 1.33 bits per heavy atom. The highest BCUT2D eigenvalue weighted by atomic mass is 16.5. The minimum Gasteiger partial charge on any atom is -0.504 e. The van der Waals surface area contributed by atoms with Gasteiger partial charge in [-0.15, -0.1) is 0 Å². The van der Waals surface area contributed by atoms with Crippen LogP contribution >= 0.6 is 0 Å². The van der Waals surface area contributed by atoms with E-state index in [-0.39, 0.29) is 5.75 Å². The lowest BCUT2D eigenvalue weighted by molar-refractivity contribution is 0.369. The van der Waals surface area contributed by atoms with E-state index in [1.807, 2.05) is 23.7 Å². The molecule has 0 spiro atoms. The molecule has 0 fully saturated rings. The minimum absolute atomic E-state index is 0.214. The molecular formula is C16H23N3O2. The molecule has 0 aliphatic carbocycles. The summed E-state index contributed by atoms with van der Waals surface area (Å²) < 4.78 is 7.12. The molecule has 21 heavy (non-hydrogen) atoms. The number of aromatic nitrogens is 2. The molecule has 0 aliphatic heterocycles. The molecule has 1 aromatic carbocycles. The van der Waals surface area contributed by atoms with Gasteiger partial charge in [-0.3, -0.25) is 4.68 Å². The molecular weight excluding hydrogens is 266 g/mol. The van der Waals surface area contributed by atoms with Gasteiger partial charge in [0.25, 0.3) is 0 Å². The average molecular weight is 289 g/mol. The SMILES string of the molecule is COc1cccc(CNCCCn2nc(C)cc2C)c1O. The molecule has 5 nitrogen and oxygen atoms in total. The van der Waals surface area contributed by atoms with E-state index in [4.69, 9.17) is 4.74 Å². The van der Waals surface area contributed by atoms with Gasteiger partial charge in [-0.25, -0.2) is 0 Å². The summed E-state index contributed by atoms with van der Waals surface area (Å²) in [5, 5.41) is 17.8. The first-order valence-corrected chi connectivity index (χ1v) is 7.18. The van der Waals surface area contributed by atoms with Gasteiger partial charge >= 0.3 is 0 Å². The Morgan fingerprint density at radius 2 is 2.14 bits per heavy atom. The molecule has 2 rings (SSSR count). The third kappa shape index (κ3) is 3.98. The van der Waals surface area contributed by atoms with E-state index in [1.54, 1.807) is 13.2 Å². The van der Waals surface area contributed by atoms with Crippen LogP contribution in [-0.2, 0) is 13.1 Å². The van der Waals surface area contributed by atoms with Gasteiger partial charge in [0.15, 0.2) is 11.5 Å². The van der Waals surface area contributed by atoms with Crippen LogP contribution in [0.5, 0.6) is 11.5 Å². The molecule has 1 heterocycles. The van der Waals surface area contributed by atoms with Gasteiger partial charge in [-0.2, -0.15) is 5.10 Å². The van der Waals surface area contributed by atoms with Crippen molar-refractivity contribution in [1.82, 2.24) is 15.1 Å². The normalized spacial score (nSPS) is 10.8. The number of rotatable bonds is 7. The number of phenolic OH excluding ortho intramolecular Hbond substituents is 1. The first-order chi connectivity index (χ1) is 10.1. The first-order valence-electron chi connectivity index (χ1n) is 7.18. The predicted molar refractivity (Wildman–Crippen MR) is 82.7 cm³/mol. The van der Waals surface area contributed by atoms with E-state index in [1.165, 1.54) is 5.69 Å². The van der Waals surface area contributed by atoms with Crippen LogP contribution in [0.25, 0.3) is 0 Å². The van der Waals surface area contributed by atoms with Crippen molar-refractivity contribution in [1.29, 1.82) is 0 Å². The van der Waals surface area contributed by atoms with Crippen molar-refractivity contribution in [2.75, 3.05) is 13.7 Å². The highest BCUT2D eigenvalue weighted by Gasteiger charge is 2.06. The van der Waals surface area contributed by atoms with E-state index in [0.717, 1.165) is 30.8 Å². The van der Waals surface area contributed by atoms with E-state index in [2.05, 4.69) is 23.4 Å². The van der Waals surface area contributed by atoms with E-state index in [9.17, 15) is 5.11 Å². The van der Waals surface area contributed by atoms with Crippen molar-refractivity contribution < 1.29 is 9.84 Å². The second kappa shape index (κ2) is 7.13. The Hall–Kier alpha value is -2.01. The fraction of sp³-hybridized carbons (Fsp3) is 0.438. The van der Waals surface area contributed by atoms with Crippen LogP contribution in [0.2, 0.25) is 0 Å². The lowest BCUT2D eigenvalue weighted by Crippen LogP contribution is -2.17. The van der Waals surface area contributed by atoms with Crippen molar-refractivity contribution in [2.24, 2.45) is 0 Å². The van der Waals surface area contributed by atoms with Crippen LogP contribution in [0, 0.1) is 13.8 Å². The molecule has 2 N–H and O–H groups in total. The van der Waals surface area contributed by atoms with Crippen molar-refractivity contribution in [3.63, 3.8) is 0 Å². The molecule has 0 bridgehead atoms. The number of hydrogen-bond acceptors (Lipinski definition) is 4. The molecule has 5 heteroatoms. The van der Waals surface area contributed by atoms with Crippen LogP contribution < -0.4 is 10.1 Å². The number of nitrogens with zero attached hydrogens (tertiary/aromatic N) is 2. The summed E-state index contributed by atoms with van der Waals surface area (Å²) >= 11 is 0. The second-order valence-electron chi connectivity index (χ2n) is 5.15. The monoisotopic (exact) mass is 289 g/mol. The maximum Gasteiger partial charge on any atom is 0.162 e. The molecule has 0 amide bonds. The molecule has 0 atom stereocenters. The fourth-order valence-corrected chi connectivity index (χ4v) is 2.35. The van der Waals surface area contributed by atoms with Crippen LogP contribution in [0.15, 0.2) is 24.3 Å². The molecule has 2 aromatic rings. The summed E-state index contributed by atoms with van der Waals surface area (Å²) in [4.78, 5) is 0. The first kappa shape index (κ1) is 15.4. The number of phenols is 1. The zero-order chi connectivity index (χ0) is 15.2. The van der Waals surface area contributed by atoms with Crippen LogP contribution in [0.3, 0.4) is 0 Å². The Kier molecular flexibility index (Phi) is 5.22. The van der Waals surface area contributed by atoms with E-state index in [0.29, 0.717) is 12.3 Å². The molecule has 0 saturated heterocycles. The standard InChI is InChI=1S/C16H23N3O2/c1-12-10-13(2)19(18-12)9-5-8-17-11-14-6-4-7-15(21-3)16(14)20/h4,6-7,10,17,20H,5,8-9,11H2,1-3H3. The van der Waals surface area contributed by atoms with E-state index < -0.39 is 0 Å². The maximum atomic E-state index is 9.98. The Morgan fingerprint density at radius 3 is 2.81 bits per heavy atom.